The molecule has 0 radical (unpaired) electrons. The smallest absolute Gasteiger partial charge is 0.248 e. The van der Waals surface area contributed by atoms with Crippen molar-refractivity contribution in [3.05, 3.63) is 35.4 Å². The lowest BCUT2D eigenvalue weighted by atomic mass is 9.94. The Labute approximate surface area is 109 Å². The van der Waals surface area contributed by atoms with Gasteiger partial charge in [0.25, 0.3) is 0 Å². The maximum absolute atomic E-state index is 11.1. The van der Waals surface area contributed by atoms with Crippen LogP contribution in [-0.2, 0) is 6.54 Å². The monoisotopic (exact) mass is 246 g/mol. The Kier molecular flexibility index (Phi) is 4.37. The van der Waals surface area contributed by atoms with Gasteiger partial charge in [-0.2, -0.15) is 0 Å². The third-order valence-corrected chi connectivity index (χ3v) is 3.84. The average molecular weight is 246 g/mol. The van der Waals surface area contributed by atoms with E-state index in [0.717, 1.165) is 6.54 Å². The van der Waals surface area contributed by atoms with Gasteiger partial charge in [-0.25, -0.2) is 0 Å². The molecule has 0 unspecified atom stereocenters. The molecule has 98 valence electrons. The van der Waals surface area contributed by atoms with Crippen LogP contribution < -0.4 is 5.73 Å². The second kappa shape index (κ2) is 6.01. The van der Waals surface area contributed by atoms with E-state index in [1.165, 1.54) is 37.7 Å². The number of rotatable bonds is 4. The number of nitrogens with two attached hydrogens (primary N) is 1. The van der Waals surface area contributed by atoms with E-state index in [1.807, 2.05) is 12.1 Å². The van der Waals surface area contributed by atoms with Gasteiger partial charge < -0.3 is 5.73 Å². The fraction of sp³-hybridized carbons (Fsp3) is 0.533. The van der Waals surface area contributed by atoms with E-state index in [2.05, 4.69) is 18.0 Å². The molecule has 2 rings (SSSR count). The van der Waals surface area contributed by atoms with Gasteiger partial charge in [-0.05, 0) is 37.6 Å². The van der Waals surface area contributed by atoms with Crippen molar-refractivity contribution in [1.82, 2.24) is 4.90 Å². The predicted molar refractivity (Wildman–Crippen MR) is 73.3 cm³/mol. The minimum absolute atomic E-state index is 0.350. The Bertz CT molecular complexity index is 411. The number of nitrogens with zero attached hydrogens (tertiary/aromatic N) is 1. The summed E-state index contributed by atoms with van der Waals surface area (Å²) in [5, 5.41) is 0. The van der Waals surface area contributed by atoms with Crippen LogP contribution in [0.4, 0.5) is 0 Å². The molecular formula is C15H22N2O. The molecule has 0 aromatic heterocycles. The summed E-state index contributed by atoms with van der Waals surface area (Å²) in [6.07, 6.45) is 6.66. The first kappa shape index (κ1) is 13.1. The average Bonchev–Trinajstić information content (AvgIpc) is 2.40. The van der Waals surface area contributed by atoms with Gasteiger partial charge in [-0.15, -0.1) is 0 Å². The molecule has 1 aromatic rings. The molecule has 1 saturated carbocycles. The second-order valence-electron chi connectivity index (χ2n) is 5.27. The first-order valence-corrected chi connectivity index (χ1v) is 6.76. The number of hydrogen-bond donors (Lipinski definition) is 1. The Morgan fingerprint density at radius 1 is 1.33 bits per heavy atom. The van der Waals surface area contributed by atoms with E-state index in [-0.39, 0.29) is 5.91 Å². The fourth-order valence-electron chi connectivity index (χ4n) is 2.76. The summed E-state index contributed by atoms with van der Waals surface area (Å²) in [7, 11) is 2.17. The van der Waals surface area contributed by atoms with E-state index in [0.29, 0.717) is 11.6 Å². The Morgan fingerprint density at radius 3 is 2.72 bits per heavy atom. The van der Waals surface area contributed by atoms with Gasteiger partial charge in [0.15, 0.2) is 0 Å². The molecule has 0 aliphatic heterocycles. The van der Waals surface area contributed by atoms with Crippen molar-refractivity contribution in [1.29, 1.82) is 0 Å². The molecule has 1 amide bonds. The maximum Gasteiger partial charge on any atom is 0.248 e. The van der Waals surface area contributed by atoms with Crippen LogP contribution in [0.1, 0.15) is 48.0 Å². The van der Waals surface area contributed by atoms with Crippen LogP contribution in [0.15, 0.2) is 24.3 Å². The highest BCUT2D eigenvalue weighted by Gasteiger charge is 2.18. The first-order valence-electron chi connectivity index (χ1n) is 6.76. The van der Waals surface area contributed by atoms with Gasteiger partial charge in [-0.1, -0.05) is 31.4 Å². The molecule has 0 bridgehead atoms. The van der Waals surface area contributed by atoms with E-state index >= 15 is 0 Å². The van der Waals surface area contributed by atoms with Gasteiger partial charge in [0.2, 0.25) is 5.91 Å². The number of hydrogen-bond acceptors (Lipinski definition) is 2. The van der Waals surface area contributed by atoms with E-state index < -0.39 is 0 Å². The van der Waals surface area contributed by atoms with Crippen LogP contribution in [0.25, 0.3) is 0 Å². The Balaban J connectivity index is 1.99. The lowest BCUT2D eigenvalue weighted by Crippen LogP contribution is -2.32. The number of carbonyl (C=O) groups is 1. The lowest BCUT2D eigenvalue weighted by molar-refractivity contribution is 0.1000. The molecule has 0 atom stereocenters. The fourth-order valence-corrected chi connectivity index (χ4v) is 2.76. The Morgan fingerprint density at radius 2 is 2.06 bits per heavy atom. The maximum atomic E-state index is 11.1. The van der Waals surface area contributed by atoms with Crippen LogP contribution >= 0.6 is 0 Å². The zero-order valence-corrected chi connectivity index (χ0v) is 11.1. The van der Waals surface area contributed by atoms with Crippen molar-refractivity contribution < 1.29 is 4.79 Å². The molecule has 1 aromatic carbocycles. The number of carbonyl (C=O) groups excluding carboxylic acids is 1. The molecule has 1 aliphatic carbocycles. The van der Waals surface area contributed by atoms with Crippen molar-refractivity contribution in [2.75, 3.05) is 7.05 Å². The molecule has 1 fully saturated rings. The summed E-state index contributed by atoms with van der Waals surface area (Å²) in [4.78, 5) is 13.6. The minimum atomic E-state index is -0.350. The summed E-state index contributed by atoms with van der Waals surface area (Å²) >= 11 is 0. The van der Waals surface area contributed by atoms with Crippen LogP contribution in [-0.4, -0.2) is 23.9 Å². The number of amides is 1. The zero-order chi connectivity index (χ0) is 13.0. The molecule has 3 nitrogen and oxygen atoms in total. The SMILES string of the molecule is CN(Cc1cccc(C(N)=O)c1)C1CCCCC1. The standard InChI is InChI=1S/C15H22N2O/c1-17(14-8-3-2-4-9-14)11-12-6-5-7-13(10-12)15(16)18/h5-7,10,14H,2-4,8-9,11H2,1H3,(H2,16,18). The van der Waals surface area contributed by atoms with Crippen molar-refractivity contribution in [3.63, 3.8) is 0 Å². The predicted octanol–water partition coefficient (Wildman–Crippen LogP) is 2.55. The van der Waals surface area contributed by atoms with Crippen LogP contribution in [0.5, 0.6) is 0 Å². The topological polar surface area (TPSA) is 46.3 Å². The third-order valence-electron chi connectivity index (χ3n) is 3.84. The van der Waals surface area contributed by atoms with Gasteiger partial charge in [0.1, 0.15) is 0 Å². The second-order valence-corrected chi connectivity index (χ2v) is 5.27. The minimum Gasteiger partial charge on any atom is -0.366 e. The quantitative estimate of drug-likeness (QED) is 0.887. The number of benzene rings is 1. The van der Waals surface area contributed by atoms with E-state index in [4.69, 9.17) is 5.73 Å². The summed E-state index contributed by atoms with van der Waals surface area (Å²) in [6.45, 7) is 0.895. The molecule has 0 heterocycles. The van der Waals surface area contributed by atoms with Gasteiger partial charge in [-0.3, -0.25) is 9.69 Å². The molecule has 18 heavy (non-hydrogen) atoms. The van der Waals surface area contributed by atoms with Crippen LogP contribution in [0.3, 0.4) is 0 Å². The van der Waals surface area contributed by atoms with Gasteiger partial charge in [0, 0.05) is 18.2 Å². The normalized spacial score (nSPS) is 17.0. The lowest BCUT2D eigenvalue weighted by Gasteiger charge is -2.31. The molecule has 3 heteroatoms. The van der Waals surface area contributed by atoms with Crippen molar-refractivity contribution >= 4 is 5.91 Å². The van der Waals surface area contributed by atoms with Crippen LogP contribution in [0.2, 0.25) is 0 Å². The van der Waals surface area contributed by atoms with E-state index in [9.17, 15) is 4.79 Å². The van der Waals surface area contributed by atoms with Crippen LogP contribution in [0, 0.1) is 0 Å². The highest BCUT2D eigenvalue weighted by atomic mass is 16.1. The summed E-state index contributed by atoms with van der Waals surface area (Å²) in [6, 6.07) is 8.33. The third kappa shape index (κ3) is 3.33. The number of primary amides is 1. The van der Waals surface area contributed by atoms with Crippen molar-refractivity contribution in [3.8, 4) is 0 Å². The molecule has 2 N–H and O–H groups in total. The zero-order valence-electron chi connectivity index (χ0n) is 11.1. The molecule has 0 spiro atoms. The van der Waals surface area contributed by atoms with Crippen molar-refractivity contribution in [2.45, 2.75) is 44.7 Å². The molecule has 0 saturated heterocycles. The van der Waals surface area contributed by atoms with Gasteiger partial charge in [0.05, 0.1) is 0 Å². The highest BCUT2D eigenvalue weighted by Crippen LogP contribution is 2.22. The van der Waals surface area contributed by atoms with Gasteiger partial charge >= 0.3 is 0 Å². The summed E-state index contributed by atoms with van der Waals surface area (Å²) < 4.78 is 0. The Hall–Kier alpha value is -1.35. The highest BCUT2D eigenvalue weighted by molar-refractivity contribution is 5.92. The summed E-state index contributed by atoms with van der Waals surface area (Å²) in [5.41, 5.74) is 7.07. The summed E-state index contributed by atoms with van der Waals surface area (Å²) in [5.74, 6) is -0.350. The largest absolute Gasteiger partial charge is 0.366 e. The molecular weight excluding hydrogens is 224 g/mol. The molecule has 1 aliphatic rings. The first-order chi connectivity index (χ1) is 8.66. The van der Waals surface area contributed by atoms with E-state index in [1.54, 1.807) is 6.07 Å². The van der Waals surface area contributed by atoms with Crippen molar-refractivity contribution in [2.24, 2.45) is 5.73 Å².